The van der Waals surface area contributed by atoms with Gasteiger partial charge in [-0.15, -0.1) is 0 Å². The standard InChI is InChI=1S/C22H24N4O2S/c1-24(11-12-28-3)14-16-9-10-18-19(13-16)26-15-20(29-22(26)23-18)21(27)25(2)17-7-5-4-6-8-17/h4-10,13,15H,11-12,14H2,1-3H3. The number of fused-ring (bicyclic) bond motifs is 3. The number of para-hydroxylation sites is 1. The van der Waals surface area contributed by atoms with Crippen LogP contribution in [0.1, 0.15) is 15.2 Å². The van der Waals surface area contributed by atoms with Gasteiger partial charge in [-0.2, -0.15) is 0 Å². The molecule has 0 bridgehead atoms. The summed E-state index contributed by atoms with van der Waals surface area (Å²) in [5.74, 6) is -0.0321. The summed E-state index contributed by atoms with van der Waals surface area (Å²) in [5.41, 5.74) is 4.04. The maximum absolute atomic E-state index is 12.9. The van der Waals surface area contributed by atoms with Crippen LogP contribution in [0.5, 0.6) is 0 Å². The average molecular weight is 409 g/mol. The van der Waals surface area contributed by atoms with Crippen LogP contribution >= 0.6 is 11.3 Å². The molecular weight excluding hydrogens is 384 g/mol. The molecule has 0 radical (unpaired) electrons. The number of carbonyl (C=O) groups is 1. The lowest BCUT2D eigenvalue weighted by molar-refractivity contribution is 0.0996. The fourth-order valence-corrected chi connectivity index (χ4v) is 4.30. The number of carbonyl (C=O) groups excluding carboxylic acids is 1. The van der Waals surface area contributed by atoms with E-state index in [-0.39, 0.29) is 5.91 Å². The Balaban J connectivity index is 1.62. The van der Waals surface area contributed by atoms with Crippen molar-refractivity contribution in [3.05, 3.63) is 65.2 Å². The van der Waals surface area contributed by atoms with Crippen LogP contribution in [0, 0.1) is 0 Å². The summed E-state index contributed by atoms with van der Waals surface area (Å²) in [7, 11) is 5.59. The van der Waals surface area contributed by atoms with Gasteiger partial charge in [-0.1, -0.05) is 35.6 Å². The van der Waals surface area contributed by atoms with E-state index in [1.165, 1.54) is 16.9 Å². The van der Waals surface area contributed by atoms with Crippen LogP contribution in [0.4, 0.5) is 5.69 Å². The summed E-state index contributed by atoms with van der Waals surface area (Å²) in [5, 5.41) is 0. The molecule has 150 valence electrons. The number of benzene rings is 2. The van der Waals surface area contributed by atoms with Gasteiger partial charge in [0.2, 0.25) is 0 Å². The SMILES string of the molecule is COCCN(C)Cc1ccc2nc3sc(C(=O)N(C)c4ccccc4)cn3c2c1. The molecule has 1 amide bonds. The molecule has 0 atom stereocenters. The number of hydrogen-bond acceptors (Lipinski definition) is 5. The van der Waals surface area contributed by atoms with Crippen LogP contribution in [0.2, 0.25) is 0 Å². The van der Waals surface area contributed by atoms with Crippen molar-refractivity contribution in [3.63, 3.8) is 0 Å². The van der Waals surface area contributed by atoms with Gasteiger partial charge in [0, 0.05) is 39.1 Å². The lowest BCUT2D eigenvalue weighted by Gasteiger charge is -2.16. The average Bonchev–Trinajstić information content (AvgIpc) is 3.30. The Morgan fingerprint density at radius 2 is 1.97 bits per heavy atom. The van der Waals surface area contributed by atoms with Crippen LogP contribution in [-0.2, 0) is 11.3 Å². The molecule has 0 aliphatic heterocycles. The number of hydrogen-bond donors (Lipinski definition) is 0. The second kappa shape index (κ2) is 8.32. The van der Waals surface area contributed by atoms with Crippen molar-refractivity contribution in [1.82, 2.24) is 14.3 Å². The van der Waals surface area contributed by atoms with E-state index in [0.717, 1.165) is 34.8 Å². The number of nitrogens with zero attached hydrogens (tertiary/aromatic N) is 4. The van der Waals surface area contributed by atoms with Crippen molar-refractivity contribution in [2.45, 2.75) is 6.54 Å². The maximum atomic E-state index is 12.9. The molecule has 0 spiro atoms. The van der Waals surface area contributed by atoms with Crippen molar-refractivity contribution in [2.24, 2.45) is 0 Å². The summed E-state index contributed by atoms with van der Waals surface area (Å²) in [6.45, 7) is 2.42. The fourth-order valence-electron chi connectivity index (χ4n) is 3.32. The highest BCUT2D eigenvalue weighted by Gasteiger charge is 2.18. The number of aromatic nitrogens is 2. The highest BCUT2D eigenvalue weighted by atomic mass is 32.1. The van der Waals surface area contributed by atoms with Crippen molar-refractivity contribution in [2.75, 3.05) is 39.3 Å². The zero-order valence-electron chi connectivity index (χ0n) is 16.8. The molecule has 2 heterocycles. The van der Waals surface area contributed by atoms with E-state index in [0.29, 0.717) is 11.5 Å². The predicted molar refractivity (Wildman–Crippen MR) is 118 cm³/mol. The van der Waals surface area contributed by atoms with E-state index < -0.39 is 0 Å². The topological polar surface area (TPSA) is 50.1 Å². The van der Waals surface area contributed by atoms with Crippen molar-refractivity contribution in [3.8, 4) is 0 Å². The number of likely N-dealkylation sites (N-methyl/N-ethyl adjacent to an activating group) is 1. The quantitative estimate of drug-likeness (QED) is 0.465. The van der Waals surface area contributed by atoms with Gasteiger partial charge in [0.1, 0.15) is 4.88 Å². The number of thiazole rings is 1. The first-order chi connectivity index (χ1) is 14.1. The molecule has 2 aromatic carbocycles. The highest BCUT2D eigenvalue weighted by molar-refractivity contribution is 7.19. The number of anilines is 1. The molecule has 0 fully saturated rings. The van der Waals surface area contributed by atoms with E-state index >= 15 is 0 Å². The monoisotopic (exact) mass is 408 g/mol. The van der Waals surface area contributed by atoms with Gasteiger partial charge < -0.3 is 9.64 Å². The van der Waals surface area contributed by atoms with E-state index in [1.54, 1.807) is 19.1 Å². The van der Waals surface area contributed by atoms with Gasteiger partial charge in [0.05, 0.1) is 17.6 Å². The van der Waals surface area contributed by atoms with Crippen LogP contribution < -0.4 is 4.90 Å². The van der Waals surface area contributed by atoms with Gasteiger partial charge in [0.25, 0.3) is 5.91 Å². The first kappa shape index (κ1) is 19.6. The minimum Gasteiger partial charge on any atom is -0.383 e. The third kappa shape index (κ3) is 4.03. The first-order valence-corrected chi connectivity index (χ1v) is 10.3. The van der Waals surface area contributed by atoms with Gasteiger partial charge in [-0.25, -0.2) is 4.98 Å². The number of ether oxygens (including phenoxy) is 1. The Labute approximate surface area is 173 Å². The molecule has 29 heavy (non-hydrogen) atoms. The maximum Gasteiger partial charge on any atom is 0.269 e. The Morgan fingerprint density at radius 3 is 2.72 bits per heavy atom. The summed E-state index contributed by atoms with van der Waals surface area (Å²) in [6.07, 6.45) is 1.90. The van der Waals surface area contributed by atoms with Crippen LogP contribution in [0.3, 0.4) is 0 Å². The molecule has 0 aliphatic carbocycles. The molecule has 0 aliphatic rings. The van der Waals surface area contributed by atoms with Crippen LogP contribution in [0.25, 0.3) is 16.0 Å². The van der Waals surface area contributed by atoms with E-state index in [2.05, 4.69) is 24.1 Å². The molecule has 7 heteroatoms. The molecule has 4 rings (SSSR count). The summed E-state index contributed by atoms with van der Waals surface area (Å²) in [6, 6.07) is 16.0. The highest BCUT2D eigenvalue weighted by Crippen LogP contribution is 2.26. The number of methoxy groups -OCH3 is 1. The lowest BCUT2D eigenvalue weighted by atomic mass is 10.2. The van der Waals surface area contributed by atoms with E-state index in [1.807, 2.05) is 47.0 Å². The fraction of sp³-hybridized carbons (Fsp3) is 0.273. The zero-order valence-corrected chi connectivity index (χ0v) is 17.6. The minimum absolute atomic E-state index is 0.0321. The largest absolute Gasteiger partial charge is 0.383 e. The molecular formula is C22H24N4O2S. The van der Waals surface area contributed by atoms with Gasteiger partial charge in [-0.3, -0.25) is 14.1 Å². The number of rotatable bonds is 7. The third-order valence-corrected chi connectivity index (χ3v) is 5.93. The zero-order chi connectivity index (χ0) is 20.4. The second-order valence-corrected chi connectivity index (χ2v) is 8.12. The van der Waals surface area contributed by atoms with E-state index in [9.17, 15) is 4.79 Å². The normalized spacial score (nSPS) is 11.6. The van der Waals surface area contributed by atoms with E-state index in [4.69, 9.17) is 9.72 Å². The molecule has 6 nitrogen and oxygen atoms in total. The third-order valence-electron chi connectivity index (χ3n) is 4.96. The predicted octanol–water partition coefficient (Wildman–Crippen LogP) is 3.90. The number of amides is 1. The molecule has 2 aromatic heterocycles. The Kier molecular flexibility index (Phi) is 5.62. The Hall–Kier alpha value is -2.74. The summed E-state index contributed by atoms with van der Waals surface area (Å²) < 4.78 is 7.17. The lowest BCUT2D eigenvalue weighted by Crippen LogP contribution is -2.25. The van der Waals surface area contributed by atoms with Crippen LogP contribution in [0.15, 0.2) is 54.7 Å². The van der Waals surface area contributed by atoms with Crippen molar-refractivity contribution in [1.29, 1.82) is 0 Å². The summed E-state index contributed by atoms with van der Waals surface area (Å²) in [4.78, 5) is 23.0. The minimum atomic E-state index is -0.0321. The molecule has 0 N–H and O–H groups in total. The smallest absolute Gasteiger partial charge is 0.269 e. The van der Waals surface area contributed by atoms with Gasteiger partial charge in [0.15, 0.2) is 4.96 Å². The Bertz CT molecular complexity index is 1140. The molecule has 0 saturated heterocycles. The summed E-state index contributed by atoms with van der Waals surface area (Å²) >= 11 is 1.42. The number of imidazole rings is 1. The molecule has 4 aromatic rings. The van der Waals surface area contributed by atoms with Gasteiger partial charge >= 0.3 is 0 Å². The molecule has 0 unspecified atom stereocenters. The Morgan fingerprint density at radius 1 is 1.17 bits per heavy atom. The van der Waals surface area contributed by atoms with Crippen LogP contribution in [-0.4, -0.2) is 54.5 Å². The molecule has 0 saturated carbocycles. The van der Waals surface area contributed by atoms with Crippen molar-refractivity contribution >= 4 is 38.9 Å². The van der Waals surface area contributed by atoms with Crippen molar-refractivity contribution < 1.29 is 9.53 Å². The van der Waals surface area contributed by atoms with Gasteiger partial charge in [-0.05, 0) is 36.9 Å². The first-order valence-electron chi connectivity index (χ1n) is 9.48. The second-order valence-electron chi connectivity index (χ2n) is 7.11.